The zero-order valence-electron chi connectivity index (χ0n) is 13.6. The number of anilines is 1. The first-order valence-corrected chi connectivity index (χ1v) is 9.14. The second-order valence-electron chi connectivity index (χ2n) is 5.57. The van der Waals surface area contributed by atoms with Crippen LogP contribution >= 0.6 is 0 Å². The average Bonchev–Trinajstić information content (AvgIpc) is 2.61. The molecule has 0 unspecified atom stereocenters. The smallest absolute Gasteiger partial charge is 0.241 e. The van der Waals surface area contributed by atoms with Crippen LogP contribution in [0.4, 0.5) is 5.69 Å². The summed E-state index contributed by atoms with van der Waals surface area (Å²) in [6.45, 7) is 1.51. The van der Waals surface area contributed by atoms with E-state index in [9.17, 15) is 13.2 Å². The molecule has 3 rings (SSSR count). The number of carbonyl (C=O) groups excluding carboxylic acids is 1. The van der Waals surface area contributed by atoms with E-state index in [-0.39, 0.29) is 11.4 Å². The van der Waals surface area contributed by atoms with Crippen LogP contribution in [0.5, 0.6) is 0 Å². The number of amides is 1. The molecule has 1 heterocycles. The molecule has 0 saturated heterocycles. The van der Waals surface area contributed by atoms with Crippen LogP contribution in [-0.2, 0) is 14.8 Å². The molecule has 0 bridgehead atoms. The van der Waals surface area contributed by atoms with Crippen molar-refractivity contribution in [3.05, 3.63) is 66.4 Å². The molecule has 0 spiro atoms. The van der Waals surface area contributed by atoms with E-state index in [1.54, 1.807) is 30.5 Å². The number of rotatable bonds is 5. The lowest BCUT2D eigenvalue weighted by molar-refractivity contribution is -0.115. The maximum absolute atomic E-state index is 12.2. The van der Waals surface area contributed by atoms with E-state index in [1.807, 2.05) is 25.1 Å². The van der Waals surface area contributed by atoms with Crippen LogP contribution in [0.3, 0.4) is 0 Å². The Hall–Kier alpha value is -2.77. The number of aryl methyl sites for hydroxylation is 1. The molecule has 25 heavy (non-hydrogen) atoms. The molecule has 7 heteroatoms. The van der Waals surface area contributed by atoms with Gasteiger partial charge in [0.15, 0.2) is 0 Å². The lowest BCUT2D eigenvalue weighted by atomic mass is 10.2. The number of benzene rings is 2. The highest BCUT2D eigenvalue weighted by molar-refractivity contribution is 7.89. The van der Waals surface area contributed by atoms with Gasteiger partial charge in [0.1, 0.15) is 0 Å². The van der Waals surface area contributed by atoms with Crippen molar-refractivity contribution in [3.63, 3.8) is 0 Å². The number of carbonyl (C=O) groups is 1. The number of pyridine rings is 1. The molecule has 3 aromatic rings. The summed E-state index contributed by atoms with van der Waals surface area (Å²) in [6.07, 6.45) is 1.64. The molecule has 0 radical (unpaired) electrons. The molecule has 0 aliphatic carbocycles. The lowest BCUT2D eigenvalue weighted by Crippen LogP contribution is -2.33. The standard InChI is InChI=1S/C18H17N3O3S/c1-13-7-9-15(10-8-13)25(23,24)20-12-17(22)21-16-6-2-4-14-5-3-11-19-18(14)16/h2-11,20H,12H2,1H3,(H,21,22). The number of nitrogens with zero attached hydrogens (tertiary/aromatic N) is 1. The minimum Gasteiger partial charge on any atom is -0.323 e. The number of sulfonamides is 1. The molecule has 0 saturated carbocycles. The van der Waals surface area contributed by atoms with E-state index >= 15 is 0 Å². The topological polar surface area (TPSA) is 88.2 Å². The van der Waals surface area contributed by atoms with E-state index in [4.69, 9.17) is 0 Å². The van der Waals surface area contributed by atoms with Crippen molar-refractivity contribution in [1.82, 2.24) is 9.71 Å². The molecular weight excluding hydrogens is 338 g/mol. The summed E-state index contributed by atoms with van der Waals surface area (Å²) in [4.78, 5) is 16.5. The summed E-state index contributed by atoms with van der Waals surface area (Å²) < 4.78 is 26.7. The quantitative estimate of drug-likeness (QED) is 0.736. The van der Waals surface area contributed by atoms with E-state index in [1.165, 1.54) is 12.1 Å². The highest BCUT2D eigenvalue weighted by Crippen LogP contribution is 2.20. The molecule has 1 aromatic heterocycles. The second kappa shape index (κ2) is 7.00. The van der Waals surface area contributed by atoms with E-state index in [0.717, 1.165) is 10.9 Å². The molecule has 6 nitrogen and oxygen atoms in total. The van der Waals surface area contributed by atoms with E-state index < -0.39 is 15.9 Å². The fraction of sp³-hybridized carbons (Fsp3) is 0.111. The zero-order chi connectivity index (χ0) is 17.9. The highest BCUT2D eigenvalue weighted by Gasteiger charge is 2.15. The maximum Gasteiger partial charge on any atom is 0.241 e. The van der Waals surface area contributed by atoms with Gasteiger partial charge in [-0.25, -0.2) is 13.1 Å². The predicted molar refractivity (Wildman–Crippen MR) is 96.7 cm³/mol. The Morgan fingerprint density at radius 3 is 2.52 bits per heavy atom. The lowest BCUT2D eigenvalue weighted by Gasteiger charge is -2.09. The first-order valence-electron chi connectivity index (χ1n) is 7.66. The van der Waals surface area contributed by atoms with Gasteiger partial charge in [-0.3, -0.25) is 9.78 Å². The van der Waals surface area contributed by atoms with Gasteiger partial charge in [-0.05, 0) is 31.2 Å². The molecule has 2 N–H and O–H groups in total. The number of nitrogens with one attached hydrogen (secondary N) is 2. The second-order valence-corrected chi connectivity index (χ2v) is 7.33. The minimum atomic E-state index is -3.73. The van der Waals surface area contributed by atoms with Crippen LogP contribution in [0.25, 0.3) is 10.9 Å². The third kappa shape index (κ3) is 4.01. The molecule has 0 fully saturated rings. The van der Waals surface area contributed by atoms with Crippen molar-refractivity contribution < 1.29 is 13.2 Å². The Morgan fingerprint density at radius 1 is 1.04 bits per heavy atom. The predicted octanol–water partition coefficient (Wildman–Crippen LogP) is 2.46. The SMILES string of the molecule is Cc1ccc(S(=O)(=O)NCC(=O)Nc2cccc3cccnc23)cc1. The van der Waals surface area contributed by atoms with Crippen LogP contribution < -0.4 is 10.0 Å². The van der Waals surface area contributed by atoms with Crippen molar-refractivity contribution in [2.75, 3.05) is 11.9 Å². The number of para-hydroxylation sites is 1. The van der Waals surface area contributed by atoms with Gasteiger partial charge in [0.25, 0.3) is 0 Å². The molecule has 128 valence electrons. The third-order valence-corrected chi connectivity index (χ3v) is 5.08. The maximum atomic E-state index is 12.2. The molecule has 0 aliphatic rings. The number of hydrogen-bond donors (Lipinski definition) is 2. The fourth-order valence-electron chi connectivity index (χ4n) is 2.36. The average molecular weight is 355 g/mol. The minimum absolute atomic E-state index is 0.123. The van der Waals surface area contributed by atoms with E-state index in [0.29, 0.717) is 11.2 Å². The molecular formula is C18H17N3O3S. The Morgan fingerprint density at radius 2 is 1.76 bits per heavy atom. The van der Waals surface area contributed by atoms with Crippen molar-refractivity contribution in [1.29, 1.82) is 0 Å². The van der Waals surface area contributed by atoms with Crippen molar-refractivity contribution in [2.45, 2.75) is 11.8 Å². The summed E-state index contributed by atoms with van der Waals surface area (Å²) in [5.74, 6) is -0.464. The summed E-state index contributed by atoms with van der Waals surface area (Å²) in [7, 11) is -3.73. The largest absolute Gasteiger partial charge is 0.323 e. The number of hydrogen-bond acceptors (Lipinski definition) is 4. The Bertz CT molecular complexity index is 1010. The van der Waals surface area contributed by atoms with Gasteiger partial charge in [-0.2, -0.15) is 0 Å². The summed E-state index contributed by atoms with van der Waals surface area (Å²) in [5, 5.41) is 3.58. The van der Waals surface area contributed by atoms with Gasteiger partial charge in [0.05, 0.1) is 22.6 Å². The summed E-state index contributed by atoms with van der Waals surface area (Å²) >= 11 is 0. The first kappa shape index (κ1) is 17.1. The van der Waals surface area contributed by atoms with Gasteiger partial charge in [-0.15, -0.1) is 0 Å². The van der Waals surface area contributed by atoms with Crippen LogP contribution in [0.1, 0.15) is 5.56 Å². The van der Waals surface area contributed by atoms with Crippen molar-refractivity contribution in [3.8, 4) is 0 Å². The molecule has 1 amide bonds. The van der Waals surface area contributed by atoms with Crippen molar-refractivity contribution in [2.24, 2.45) is 0 Å². The van der Waals surface area contributed by atoms with Gasteiger partial charge in [0.2, 0.25) is 15.9 Å². The Balaban J connectivity index is 1.69. The third-order valence-electron chi connectivity index (χ3n) is 3.66. The van der Waals surface area contributed by atoms with Crippen LogP contribution in [0.2, 0.25) is 0 Å². The zero-order valence-corrected chi connectivity index (χ0v) is 14.4. The normalized spacial score (nSPS) is 11.4. The number of fused-ring (bicyclic) bond motifs is 1. The van der Waals surface area contributed by atoms with Crippen LogP contribution in [0, 0.1) is 6.92 Å². The Labute approximate surface area is 146 Å². The van der Waals surface area contributed by atoms with Gasteiger partial charge >= 0.3 is 0 Å². The number of aromatic nitrogens is 1. The fourth-order valence-corrected chi connectivity index (χ4v) is 3.34. The molecule has 0 atom stereocenters. The van der Waals surface area contributed by atoms with Crippen molar-refractivity contribution >= 4 is 32.5 Å². The van der Waals surface area contributed by atoms with Gasteiger partial charge in [-0.1, -0.05) is 35.9 Å². The van der Waals surface area contributed by atoms with E-state index in [2.05, 4.69) is 15.0 Å². The monoisotopic (exact) mass is 355 g/mol. The van der Waals surface area contributed by atoms with Crippen LogP contribution in [0.15, 0.2) is 65.7 Å². The summed E-state index contributed by atoms with van der Waals surface area (Å²) in [6, 6.07) is 15.5. The molecule has 2 aromatic carbocycles. The Kier molecular flexibility index (Phi) is 4.78. The summed E-state index contributed by atoms with van der Waals surface area (Å²) in [5.41, 5.74) is 2.15. The van der Waals surface area contributed by atoms with Crippen LogP contribution in [-0.4, -0.2) is 25.9 Å². The molecule has 0 aliphatic heterocycles. The van der Waals surface area contributed by atoms with Gasteiger partial charge < -0.3 is 5.32 Å². The first-order chi connectivity index (χ1) is 12.0. The highest BCUT2D eigenvalue weighted by atomic mass is 32.2. The van der Waals surface area contributed by atoms with Gasteiger partial charge in [0, 0.05) is 11.6 Å².